The minimum Gasteiger partial charge on any atom is -0.390 e. The summed E-state index contributed by atoms with van der Waals surface area (Å²) in [5, 5.41) is 28.4. The average Bonchev–Trinajstić information content (AvgIpc) is 3.24. The first-order chi connectivity index (χ1) is 16.7. The van der Waals surface area contributed by atoms with Crippen molar-refractivity contribution in [3.05, 3.63) is 36.0 Å². The zero-order valence-corrected chi connectivity index (χ0v) is 21.4. The van der Waals surface area contributed by atoms with Gasteiger partial charge in [0.25, 0.3) is 0 Å². The van der Waals surface area contributed by atoms with Crippen molar-refractivity contribution >= 4 is 22.7 Å². The van der Waals surface area contributed by atoms with Crippen LogP contribution in [0.1, 0.15) is 71.3 Å². The highest BCUT2D eigenvalue weighted by molar-refractivity contribution is 5.89. The average molecular weight is 486 g/mol. The summed E-state index contributed by atoms with van der Waals surface area (Å²) in [6, 6.07) is 7.35. The molecule has 35 heavy (non-hydrogen) atoms. The molecule has 1 fully saturated rings. The number of aliphatic hydroxyl groups excluding tert-OH is 2. The fraction of sp³-hybridized carbons (Fsp3) is 0.643. The van der Waals surface area contributed by atoms with Crippen LogP contribution in [-0.4, -0.2) is 51.8 Å². The molecule has 1 aliphatic rings. The number of H-pyrrole nitrogens is 1. The van der Waals surface area contributed by atoms with Crippen molar-refractivity contribution in [1.29, 1.82) is 0 Å². The number of para-hydroxylation sites is 1. The summed E-state index contributed by atoms with van der Waals surface area (Å²) in [6.45, 7) is 6.00. The standard InChI is InChI=1S/C28H43N3O4/c1-18(2)13-25(32)27(34)24(14-20-9-5-4-6-10-20)31-28(35)19(3)16-30-26(33)15-21-17-29-23-12-8-7-11-22(21)23/h7-8,11-12,17-20,24-25,27,29,32,34H,4-6,9-10,13-16H2,1-3H3,(H,30,33)(H,31,35)/t19-,24-,25-,27+/m0/s1. The molecule has 0 saturated heterocycles. The molecule has 0 unspecified atom stereocenters. The molecule has 1 aromatic heterocycles. The lowest BCUT2D eigenvalue weighted by atomic mass is 9.82. The molecule has 0 spiro atoms. The lowest BCUT2D eigenvalue weighted by Gasteiger charge is -2.33. The Morgan fingerprint density at radius 2 is 1.80 bits per heavy atom. The Bertz CT molecular complexity index is 951. The van der Waals surface area contributed by atoms with E-state index in [1.165, 1.54) is 19.3 Å². The van der Waals surface area contributed by atoms with Gasteiger partial charge in [0.15, 0.2) is 0 Å². The molecular weight excluding hydrogens is 442 g/mol. The van der Waals surface area contributed by atoms with Crippen LogP contribution in [0, 0.1) is 17.8 Å². The molecule has 194 valence electrons. The van der Waals surface area contributed by atoms with Gasteiger partial charge in [-0.3, -0.25) is 9.59 Å². The zero-order valence-electron chi connectivity index (χ0n) is 21.4. The van der Waals surface area contributed by atoms with Gasteiger partial charge in [-0.15, -0.1) is 0 Å². The van der Waals surface area contributed by atoms with Crippen LogP contribution in [0.5, 0.6) is 0 Å². The summed E-state index contributed by atoms with van der Waals surface area (Å²) in [6.07, 6.45) is 7.13. The third kappa shape index (κ3) is 8.07. The Morgan fingerprint density at radius 1 is 1.09 bits per heavy atom. The molecule has 1 heterocycles. The van der Waals surface area contributed by atoms with Gasteiger partial charge < -0.3 is 25.8 Å². The Morgan fingerprint density at radius 3 is 2.51 bits per heavy atom. The van der Waals surface area contributed by atoms with E-state index in [-0.39, 0.29) is 30.7 Å². The SMILES string of the molecule is CC(C)C[C@H](O)[C@H](O)[C@H](CC1CCCCC1)NC(=O)[C@@H](C)CNC(=O)Cc1c[nH]c2ccccc12. The molecule has 3 rings (SSSR count). The first kappa shape index (κ1) is 27.2. The summed E-state index contributed by atoms with van der Waals surface area (Å²) >= 11 is 0. The quantitative estimate of drug-likeness (QED) is 0.315. The molecule has 1 aliphatic carbocycles. The van der Waals surface area contributed by atoms with Gasteiger partial charge in [-0.2, -0.15) is 0 Å². The summed E-state index contributed by atoms with van der Waals surface area (Å²) in [4.78, 5) is 28.7. The lowest BCUT2D eigenvalue weighted by molar-refractivity contribution is -0.127. The number of fused-ring (bicyclic) bond motifs is 1. The minimum atomic E-state index is -1.01. The third-order valence-corrected chi connectivity index (χ3v) is 7.24. The molecule has 2 amide bonds. The molecule has 1 aromatic carbocycles. The number of hydrogen-bond acceptors (Lipinski definition) is 4. The minimum absolute atomic E-state index is 0.138. The van der Waals surface area contributed by atoms with Crippen molar-refractivity contribution < 1.29 is 19.8 Å². The van der Waals surface area contributed by atoms with Crippen LogP contribution in [0.4, 0.5) is 0 Å². The molecule has 7 nitrogen and oxygen atoms in total. The number of nitrogens with one attached hydrogen (secondary N) is 3. The smallest absolute Gasteiger partial charge is 0.224 e. The summed E-state index contributed by atoms with van der Waals surface area (Å²) < 4.78 is 0. The second-order valence-corrected chi connectivity index (χ2v) is 10.8. The molecule has 4 atom stereocenters. The van der Waals surface area contributed by atoms with E-state index in [0.29, 0.717) is 18.8 Å². The van der Waals surface area contributed by atoms with Gasteiger partial charge >= 0.3 is 0 Å². The van der Waals surface area contributed by atoms with Crippen LogP contribution >= 0.6 is 0 Å². The Kier molecular flexibility index (Phi) is 10.2. The van der Waals surface area contributed by atoms with Gasteiger partial charge in [0, 0.05) is 23.6 Å². The second-order valence-electron chi connectivity index (χ2n) is 10.8. The number of carbonyl (C=O) groups is 2. The Balaban J connectivity index is 1.54. The molecule has 1 saturated carbocycles. The van der Waals surface area contributed by atoms with E-state index in [1.807, 2.05) is 44.3 Å². The Hall–Kier alpha value is -2.38. The van der Waals surface area contributed by atoms with E-state index < -0.39 is 24.2 Å². The van der Waals surface area contributed by atoms with Crippen molar-refractivity contribution in [2.24, 2.45) is 17.8 Å². The molecule has 0 bridgehead atoms. The van der Waals surface area contributed by atoms with Crippen molar-refractivity contribution in [2.75, 3.05) is 6.54 Å². The largest absolute Gasteiger partial charge is 0.390 e. The van der Waals surface area contributed by atoms with Crippen LogP contribution in [0.25, 0.3) is 10.9 Å². The number of aromatic nitrogens is 1. The van der Waals surface area contributed by atoms with Crippen molar-refractivity contribution in [3.63, 3.8) is 0 Å². The molecule has 2 aromatic rings. The first-order valence-corrected chi connectivity index (χ1v) is 13.2. The van der Waals surface area contributed by atoms with Crippen LogP contribution < -0.4 is 10.6 Å². The van der Waals surface area contributed by atoms with Gasteiger partial charge in [0.05, 0.1) is 24.5 Å². The van der Waals surface area contributed by atoms with E-state index >= 15 is 0 Å². The molecule has 7 heteroatoms. The maximum absolute atomic E-state index is 13.0. The van der Waals surface area contributed by atoms with Gasteiger partial charge in [0.2, 0.25) is 11.8 Å². The number of aromatic amines is 1. The fourth-order valence-corrected chi connectivity index (χ4v) is 5.15. The van der Waals surface area contributed by atoms with E-state index in [2.05, 4.69) is 15.6 Å². The van der Waals surface area contributed by atoms with Crippen molar-refractivity contribution in [1.82, 2.24) is 15.6 Å². The van der Waals surface area contributed by atoms with E-state index in [0.717, 1.165) is 29.3 Å². The van der Waals surface area contributed by atoms with E-state index in [4.69, 9.17) is 0 Å². The highest BCUT2D eigenvalue weighted by atomic mass is 16.3. The molecule has 0 aliphatic heterocycles. The van der Waals surface area contributed by atoms with Gasteiger partial charge in [-0.25, -0.2) is 0 Å². The predicted octanol–water partition coefficient (Wildman–Crippen LogP) is 3.69. The first-order valence-electron chi connectivity index (χ1n) is 13.2. The van der Waals surface area contributed by atoms with Crippen molar-refractivity contribution in [3.8, 4) is 0 Å². The number of amides is 2. The van der Waals surface area contributed by atoms with Crippen LogP contribution in [0.15, 0.2) is 30.5 Å². The number of benzene rings is 1. The van der Waals surface area contributed by atoms with E-state index in [9.17, 15) is 19.8 Å². The normalized spacial score (nSPS) is 18.2. The maximum Gasteiger partial charge on any atom is 0.224 e. The summed E-state index contributed by atoms with van der Waals surface area (Å²) in [7, 11) is 0. The lowest BCUT2D eigenvalue weighted by Crippen LogP contribution is -2.52. The predicted molar refractivity (Wildman–Crippen MR) is 139 cm³/mol. The highest BCUT2D eigenvalue weighted by Crippen LogP contribution is 2.29. The number of hydrogen-bond donors (Lipinski definition) is 5. The van der Waals surface area contributed by atoms with Gasteiger partial charge in [-0.1, -0.05) is 71.1 Å². The number of carbonyl (C=O) groups excluding carboxylic acids is 2. The monoisotopic (exact) mass is 485 g/mol. The highest BCUT2D eigenvalue weighted by Gasteiger charge is 2.32. The number of aliphatic hydroxyl groups is 2. The topological polar surface area (TPSA) is 114 Å². The molecular formula is C28H43N3O4. The van der Waals surface area contributed by atoms with E-state index in [1.54, 1.807) is 6.92 Å². The molecule has 0 radical (unpaired) electrons. The van der Waals surface area contributed by atoms with Crippen molar-refractivity contribution in [2.45, 2.75) is 90.4 Å². The summed E-state index contributed by atoms with van der Waals surface area (Å²) in [5.74, 6) is -0.113. The molecule has 5 N–H and O–H groups in total. The van der Waals surface area contributed by atoms with Crippen LogP contribution in [0.3, 0.4) is 0 Å². The van der Waals surface area contributed by atoms with Gasteiger partial charge in [0.1, 0.15) is 6.10 Å². The maximum atomic E-state index is 13.0. The fourth-order valence-electron chi connectivity index (χ4n) is 5.15. The van der Waals surface area contributed by atoms with Crippen LogP contribution in [0.2, 0.25) is 0 Å². The third-order valence-electron chi connectivity index (χ3n) is 7.24. The van der Waals surface area contributed by atoms with Crippen LogP contribution in [-0.2, 0) is 16.0 Å². The Labute approximate surface area is 209 Å². The van der Waals surface area contributed by atoms with Gasteiger partial charge in [-0.05, 0) is 36.3 Å². The zero-order chi connectivity index (χ0) is 25.4. The number of rotatable bonds is 12. The summed E-state index contributed by atoms with van der Waals surface area (Å²) in [5.41, 5.74) is 1.91. The second kappa shape index (κ2) is 13.1.